The maximum absolute atomic E-state index is 13.1. The quantitative estimate of drug-likeness (QED) is 0.665. The number of hydrogen-bond acceptors (Lipinski definition) is 3. The molecule has 0 atom stereocenters. The monoisotopic (exact) mass is 432 g/mol. The first-order valence-corrected chi connectivity index (χ1v) is 9.33. The van der Waals surface area contributed by atoms with Crippen LogP contribution >= 0.6 is 23.2 Å². The molecule has 9 heteroatoms. The largest absolute Gasteiger partial charge is 0.482 e. The second kappa shape index (κ2) is 8.49. The first-order chi connectivity index (χ1) is 13.2. The van der Waals surface area contributed by atoms with Crippen molar-refractivity contribution >= 4 is 40.5 Å². The fraction of sp³-hybridized carbons (Fsp3) is 0.316. The van der Waals surface area contributed by atoms with Crippen LogP contribution in [0.4, 0.5) is 24.5 Å². The molecular formula is C19H17Cl2F3N2O2. The standard InChI is InChI=1S/C19H17Cl2F3N2O2/c20-13-4-6-17(14(21)10-13)28-11-18(27)25-15-9-12(19(22,23)24)3-5-16(15)26-7-1-2-8-26/h3-6,9-10H,1-2,7-8,11H2,(H,25,27). The van der Waals surface area contributed by atoms with Gasteiger partial charge in [0.2, 0.25) is 0 Å². The lowest BCUT2D eigenvalue weighted by molar-refractivity contribution is -0.137. The average Bonchev–Trinajstić information content (AvgIpc) is 3.14. The molecule has 0 aliphatic carbocycles. The molecular weight excluding hydrogens is 416 g/mol. The topological polar surface area (TPSA) is 41.6 Å². The summed E-state index contributed by atoms with van der Waals surface area (Å²) < 4.78 is 44.6. The molecule has 1 aliphatic rings. The number of rotatable bonds is 5. The van der Waals surface area contributed by atoms with Crippen molar-refractivity contribution in [1.82, 2.24) is 0 Å². The molecule has 4 nitrogen and oxygen atoms in total. The van der Waals surface area contributed by atoms with E-state index in [0.29, 0.717) is 10.7 Å². The minimum absolute atomic E-state index is 0.104. The van der Waals surface area contributed by atoms with Crippen LogP contribution in [0.5, 0.6) is 5.75 Å². The van der Waals surface area contributed by atoms with E-state index in [9.17, 15) is 18.0 Å². The Labute approximate surface area is 170 Å². The average molecular weight is 433 g/mol. The fourth-order valence-corrected chi connectivity index (χ4v) is 3.43. The molecule has 0 bridgehead atoms. The predicted octanol–water partition coefficient (Wildman–Crippen LogP) is 5.63. The minimum Gasteiger partial charge on any atom is -0.482 e. The number of ether oxygens (including phenoxy) is 1. The van der Waals surface area contributed by atoms with Gasteiger partial charge < -0.3 is 15.0 Å². The van der Waals surface area contributed by atoms with E-state index < -0.39 is 24.3 Å². The molecule has 0 radical (unpaired) electrons. The lowest BCUT2D eigenvalue weighted by atomic mass is 10.1. The molecule has 1 amide bonds. The van der Waals surface area contributed by atoms with Gasteiger partial charge >= 0.3 is 6.18 Å². The SMILES string of the molecule is O=C(COc1ccc(Cl)cc1Cl)Nc1cc(C(F)(F)F)ccc1N1CCCC1. The highest BCUT2D eigenvalue weighted by atomic mass is 35.5. The molecule has 0 aromatic heterocycles. The predicted molar refractivity (Wildman–Crippen MR) is 103 cm³/mol. The van der Waals surface area contributed by atoms with E-state index in [4.69, 9.17) is 27.9 Å². The maximum atomic E-state index is 13.1. The van der Waals surface area contributed by atoms with Crippen molar-refractivity contribution in [2.75, 3.05) is 29.9 Å². The van der Waals surface area contributed by atoms with Crippen molar-refractivity contribution in [2.45, 2.75) is 19.0 Å². The van der Waals surface area contributed by atoms with Gasteiger partial charge in [0.25, 0.3) is 5.91 Å². The molecule has 150 valence electrons. The molecule has 2 aromatic rings. The zero-order valence-electron chi connectivity index (χ0n) is 14.7. The van der Waals surface area contributed by atoms with Gasteiger partial charge in [0, 0.05) is 18.1 Å². The summed E-state index contributed by atoms with van der Waals surface area (Å²) in [5.41, 5.74) is -0.164. The highest BCUT2D eigenvalue weighted by Gasteiger charge is 2.32. The third-order valence-corrected chi connectivity index (χ3v) is 4.83. The van der Waals surface area contributed by atoms with E-state index in [0.717, 1.165) is 38.1 Å². The number of benzene rings is 2. The van der Waals surface area contributed by atoms with Gasteiger partial charge in [0.05, 0.1) is 22.0 Å². The highest BCUT2D eigenvalue weighted by molar-refractivity contribution is 6.35. The molecule has 0 spiro atoms. The zero-order chi connectivity index (χ0) is 20.3. The Kier molecular flexibility index (Phi) is 6.25. The van der Waals surface area contributed by atoms with E-state index in [1.54, 1.807) is 6.07 Å². The summed E-state index contributed by atoms with van der Waals surface area (Å²) in [7, 11) is 0. The Bertz CT molecular complexity index is 869. The second-order valence-electron chi connectivity index (χ2n) is 6.34. The molecule has 1 fully saturated rings. The first-order valence-electron chi connectivity index (χ1n) is 8.58. The van der Waals surface area contributed by atoms with Crippen molar-refractivity contribution < 1.29 is 22.7 Å². The summed E-state index contributed by atoms with van der Waals surface area (Å²) in [5, 5.41) is 3.18. The molecule has 1 saturated heterocycles. The van der Waals surface area contributed by atoms with Crippen LogP contribution in [0.2, 0.25) is 10.0 Å². The van der Waals surface area contributed by atoms with Gasteiger partial charge in [-0.05, 0) is 49.2 Å². The second-order valence-corrected chi connectivity index (χ2v) is 7.18. The van der Waals surface area contributed by atoms with E-state index >= 15 is 0 Å². The van der Waals surface area contributed by atoms with Crippen molar-refractivity contribution in [3.05, 3.63) is 52.0 Å². The van der Waals surface area contributed by atoms with Crippen molar-refractivity contribution in [3.63, 3.8) is 0 Å². The van der Waals surface area contributed by atoms with Crippen molar-refractivity contribution in [2.24, 2.45) is 0 Å². The van der Waals surface area contributed by atoms with E-state index in [-0.39, 0.29) is 16.5 Å². The van der Waals surface area contributed by atoms with Gasteiger partial charge in [-0.1, -0.05) is 23.2 Å². The zero-order valence-corrected chi connectivity index (χ0v) is 16.2. The van der Waals surface area contributed by atoms with Crippen molar-refractivity contribution in [3.8, 4) is 5.75 Å². The Balaban J connectivity index is 1.75. The summed E-state index contributed by atoms with van der Waals surface area (Å²) in [4.78, 5) is 14.2. The lowest BCUT2D eigenvalue weighted by Crippen LogP contribution is -2.24. The molecule has 1 N–H and O–H groups in total. The van der Waals surface area contributed by atoms with Crippen LogP contribution in [0.25, 0.3) is 0 Å². The highest BCUT2D eigenvalue weighted by Crippen LogP contribution is 2.36. The Hall–Kier alpha value is -2.12. The molecule has 3 rings (SSSR count). The van der Waals surface area contributed by atoms with Gasteiger partial charge in [-0.2, -0.15) is 13.2 Å². The number of carbonyl (C=O) groups is 1. The summed E-state index contributed by atoms with van der Waals surface area (Å²) in [6.07, 6.45) is -2.60. The number of alkyl halides is 3. The van der Waals surface area contributed by atoms with Crippen LogP contribution in [0.1, 0.15) is 18.4 Å². The minimum atomic E-state index is -4.50. The van der Waals surface area contributed by atoms with E-state index in [1.807, 2.05) is 4.90 Å². The van der Waals surface area contributed by atoms with Crippen LogP contribution in [0.15, 0.2) is 36.4 Å². The molecule has 28 heavy (non-hydrogen) atoms. The summed E-state index contributed by atoms with van der Waals surface area (Å²) >= 11 is 11.8. The van der Waals surface area contributed by atoms with Crippen LogP contribution in [-0.2, 0) is 11.0 Å². The number of hydrogen-bond donors (Lipinski definition) is 1. The van der Waals surface area contributed by atoms with Crippen LogP contribution in [-0.4, -0.2) is 25.6 Å². The van der Waals surface area contributed by atoms with E-state index in [2.05, 4.69) is 5.32 Å². The third kappa shape index (κ3) is 5.02. The molecule has 0 saturated carbocycles. The molecule has 1 heterocycles. The first kappa shape index (κ1) is 20.6. The normalized spacial score (nSPS) is 14.2. The van der Waals surface area contributed by atoms with Gasteiger partial charge in [-0.25, -0.2) is 0 Å². The van der Waals surface area contributed by atoms with E-state index in [1.165, 1.54) is 18.2 Å². The lowest BCUT2D eigenvalue weighted by Gasteiger charge is -2.23. The number of amides is 1. The van der Waals surface area contributed by atoms with Crippen LogP contribution in [0.3, 0.4) is 0 Å². The number of halogens is 5. The van der Waals surface area contributed by atoms with Crippen LogP contribution in [0, 0.1) is 0 Å². The van der Waals surface area contributed by atoms with Crippen LogP contribution < -0.4 is 15.0 Å². The van der Waals surface area contributed by atoms with Gasteiger partial charge in [0.1, 0.15) is 5.75 Å². The smallest absolute Gasteiger partial charge is 0.416 e. The Morgan fingerprint density at radius 3 is 2.46 bits per heavy atom. The summed E-state index contributed by atoms with van der Waals surface area (Å²) in [6.45, 7) is 1.05. The number of nitrogens with zero attached hydrogens (tertiary/aromatic N) is 1. The fourth-order valence-electron chi connectivity index (χ4n) is 2.97. The van der Waals surface area contributed by atoms with Crippen molar-refractivity contribution in [1.29, 1.82) is 0 Å². The third-order valence-electron chi connectivity index (χ3n) is 4.30. The summed E-state index contributed by atoms with van der Waals surface area (Å²) in [6, 6.07) is 7.89. The number of carbonyl (C=O) groups excluding carboxylic acids is 1. The molecule has 2 aromatic carbocycles. The Morgan fingerprint density at radius 2 is 1.82 bits per heavy atom. The molecule has 0 unspecified atom stereocenters. The number of nitrogens with one attached hydrogen (secondary N) is 1. The van der Waals surface area contributed by atoms with Gasteiger partial charge in [0.15, 0.2) is 6.61 Å². The maximum Gasteiger partial charge on any atom is 0.416 e. The number of anilines is 2. The van der Waals surface area contributed by atoms with Gasteiger partial charge in [-0.15, -0.1) is 0 Å². The molecule has 1 aliphatic heterocycles. The summed E-state index contributed by atoms with van der Waals surface area (Å²) in [5.74, 6) is -0.337. The Morgan fingerprint density at radius 1 is 1.11 bits per heavy atom. The van der Waals surface area contributed by atoms with Gasteiger partial charge in [-0.3, -0.25) is 4.79 Å².